The van der Waals surface area contributed by atoms with Gasteiger partial charge in [-0.3, -0.25) is 4.68 Å². The summed E-state index contributed by atoms with van der Waals surface area (Å²) in [4.78, 5) is 11.0. The lowest BCUT2D eigenvalue weighted by Gasteiger charge is -2.02. The molecule has 1 heterocycles. The fraction of sp³-hybridized carbons (Fsp3) is 0.231. The maximum Gasteiger partial charge on any atom is 0.343 e. The number of aryl methyl sites for hydroxylation is 1. The number of halogens is 2. The standard InChI is InChI=1S/C13H12F2N2O3/c1-17-11(9-4-3-8(14)5-10(9)15)6-12(16-17)20-7-13(18)19-2/h3-6H,7H2,1-2H3. The van der Waals surface area contributed by atoms with Gasteiger partial charge in [-0.2, -0.15) is 0 Å². The van der Waals surface area contributed by atoms with Crippen LogP contribution in [0.15, 0.2) is 24.3 Å². The Morgan fingerprint density at radius 2 is 2.10 bits per heavy atom. The molecule has 20 heavy (non-hydrogen) atoms. The second kappa shape index (κ2) is 5.68. The molecule has 0 aliphatic carbocycles. The van der Waals surface area contributed by atoms with Crippen molar-refractivity contribution in [1.29, 1.82) is 0 Å². The van der Waals surface area contributed by atoms with Crippen molar-refractivity contribution in [2.75, 3.05) is 13.7 Å². The van der Waals surface area contributed by atoms with E-state index in [0.29, 0.717) is 5.69 Å². The maximum atomic E-state index is 13.7. The highest BCUT2D eigenvalue weighted by Crippen LogP contribution is 2.26. The fourth-order valence-electron chi connectivity index (χ4n) is 1.65. The van der Waals surface area contributed by atoms with Gasteiger partial charge in [-0.15, -0.1) is 5.10 Å². The molecule has 7 heteroatoms. The number of carbonyl (C=O) groups is 1. The van der Waals surface area contributed by atoms with Crippen LogP contribution in [0, 0.1) is 11.6 Å². The maximum absolute atomic E-state index is 13.7. The summed E-state index contributed by atoms with van der Waals surface area (Å²) in [6.07, 6.45) is 0. The third-order valence-corrected chi connectivity index (χ3v) is 2.63. The van der Waals surface area contributed by atoms with Gasteiger partial charge in [-0.05, 0) is 12.1 Å². The van der Waals surface area contributed by atoms with Crippen LogP contribution < -0.4 is 4.74 Å². The van der Waals surface area contributed by atoms with E-state index in [0.717, 1.165) is 12.1 Å². The number of hydrogen-bond donors (Lipinski definition) is 0. The number of benzene rings is 1. The molecule has 0 atom stereocenters. The molecule has 2 aromatic rings. The molecule has 0 N–H and O–H groups in total. The number of rotatable bonds is 4. The Morgan fingerprint density at radius 1 is 1.35 bits per heavy atom. The number of hydrogen-bond acceptors (Lipinski definition) is 4. The van der Waals surface area contributed by atoms with Crippen LogP contribution in [0.1, 0.15) is 0 Å². The summed E-state index contributed by atoms with van der Waals surface area (Å²) in [7, 11) is 2.83. The highest BCUT2D eigenvalue weighted by Gasteiger charge is 2.14. The van der Waals surface area contributed by atoms with Crippen molar-refractivity contribution in [2.24, 2.45) is 7.05 Å². The molecule has 1 aromatic heterocycles. The Balaban J connectivity index is 2.25. The zero-order chi connectivity index (χ0) is 14.7. The van der Waals surface area contributed by atoms with Gasteiger partial charge in [0.25, 0.3) is 0 Å². The molecule has 1 aromatic carbocycles. The van der Waals surface area contributed by atoms with E-state index in [1.54, 1.807) is 7.05 Å². The van der Waals surface area contributed by atoms with Gasteiger partial charge < -0.3 is 9.47 Å². The van der Waals surface area contributed by atoms with E-state index in [1.807, 2.05) is 0 Å². The molecule has 0 spiro atoms. The van der Waals surface area contributed by atoms with Gasteiger partial charge in [0.15, 0.2) is 6.61 Å². The molecule has 5 nitrogen and oxygen atoms in total. The lowest BCUT2D eigenvalue weighted by Crippen LogP contribution is -2.12. The normalized spacial score (nSPS) is 10.4. The van der Waals surface area contributed by atoms with Gasteiger partial charge in [0.05, 0.1) is 12.8 Å². The first-order valence-corrected chi connectivity index (χ1v) is 5.70. The summed E-state index contributed by atoms with van der Waals surface area (Å²) in [5.41, 5.74) is 0.594. The monoisotopic (exact) mass is 282 g/mol. The molecule has 106 valence electrons. The Bertz CT molecular complexity index is 641. The molecular weight excluding hydrogens is 270 g/mol. The largest absolute Gasteiger partial charge is 0.466 e. The zero-order valence-electron chi connectivity index (χ0n) is 10.9. The molecule has 0 aliphatic rings. The van der Waals surface area contributed by atoms with Crippen LogP contribution in [0.25, 0.3) is 11.3 Å². The lowest BCUT2D eigenvalue weighted by molar-refractivity contribution is -0.143. The number of nitrogens with zero attached hydrogens (tertiary/aromatic N) is 2. The van der Waals surface area contributed by atoms with Gasteiger partial charge in [0.1, 0.15) is 11.6 Å². The summed E-state index contributed by atoms with van der Waals surface area (Å²) in [5.74, 6) is -1.76. The van der Waals surface area contributed by atoms with Crippen molar-refractivity contribution in [3.63, 3.8) is 0 Å². The van der Waals surface area contributed by atoms with Crippen molar-refractivity contribution in [3.05, 3.63) is 35.9 Å². The van der Waals surface area contributed by atoms with Gasteiger partial charge in [-0.1, -0.05) is 0 Å². The molecule has 0 unspecified atom stereocenters. The predicted octanol–water partition coefficient (Wildman–Crippen LogP) is 1.92. The molecule has 0 saturated carbocycles. The Morgan fingerprint density at radius 3 is 2.75 bits per heavy atom. The Kier molecular flexibility index (Phi) is 3.97. The first-order valence-electron chi connectivity index (χ1n) is 5.70. The number of esters is 1. The van der Waals surface area contributed by atoms with E-state index < -0.39 is 17.6 Å². The van der Waals surface area contributed by atoms with Crippen LogP contribution in [0.5, 0.6) is 5.88 Å². The van der Waals surface area contributed by atoms with Crippen LogP contribution in [-0.4, -0.2) is 29.5 Å². The number of methoxy groups -OCH3 is 1. The molecule has 0 radical (unpaired) electrons. The Labute approximate surface area is 113 Å². The van der Waals surface area contributed by atoms with Crippen molar-refractivity contribution >= 4 is 5.97 Å². The van der Waals surface area contributed by atoms with E-state index >= 15 is 0 Å². The summed E-state index contributed by atoms with van der Waals surface area (Å²) < 4.78 is 37.5. The van der Waals surface area contributed by atoms with E-state index in [1.165, 1.54) is 23.9 Å². The van der Waals surface area contributed by atoms with Crippen LogP contribution in [0.3, 0.4) is 0 Å². The van der Waals surface area contributed by atoms with E-state index in [4.69, 9.17) is 4.74 Å². The van der Waals surface area contributed by atoms with E-state index in [9.17, 15) is 13.6 Å². The van der Waals surface area contributed by atoms with Crippen LogP contribution in [0.4, 0.5) is 8.78 Å². The van der Waals surface area contributed by atoms with Crippen molar-refractivity contribution < 1.29 is 23.0 Å². The molecular formula is C13H12F2N2O3. The first-order chi connectivity index (χ1) is 9.51. The quantitative estimate of drug-likeness (QED) is 0.804. The van der Waals surface area contributed by atoms with Gasteiger partial charge >= 0.3 is 5.97 Å². The SMILES string of the molecule is COC(=O)COc1cc(-c2ccc(F)cc2F)n(C)n1. The highest BCUT2D eigenvalue weighted by atomic mass is 19.1. The highest BCUT2D eigenvalue weighted by molar-refractivity contribution is 5.71. The van der Waals surface area contributed by atoms with Gasteiger partial charge in [0.2, 0.25) is 5.88 Å². The molecule has 0 fully saturated rings. The molecule has 0 bridgehead atoms. The molecule has 0 saturated heterocycles. The van der Waals surface area contributed by atoms with Crippen LogP contribution in [0.2, 0.25) is 0 Å². The summed E-state index contributed by atoms with van der Waals surface area (Å²) >= 11 is 0. The van der Waals surface area contributed by atoms with Gasteiger partial charge in [0, 0.05) is 24.7 Å². The number of ether oxygens (including phenoxy) is 2. The van der Waals surface area contributed by atoms with Crippen molar-refractivity contribution in [3.8, 4) is 17.1 Å². The fourth-order valence-corrected chi connectivity index (χ4v) is 1.65. The average molecular weight is 282 g/mol. The minimum absolute atomic E-state index is 0.150. The summed E-state index contributed by atoms with van der Waals surface area (Å²) in [5, 5.41) is 3.98. The smallest absolute Gasteiger partial charge is 0.343 e. The minimum atomic E-state index is -0.701. The first kappa shape index (κ1) is 14.0. The minimum Gasteiger partial charge on any atom is -0.466 e. The second-order valence-electron chi connectivity index (χ2n) is 3.98. The van der Waals surface area contributed by atoms with Crippen LogP contribution >= 0.6 is 0 Å². The van der Waals surface area contributed by atoms with E-state index in [2.05, 4.69) is 9.84 Å². The Hall–Kier alpha value is -2.44. The van der Waals surface area contributed by atoms with Crippen molar-refractivity contribution in [1.82, 2.24) is 9.78 Å². The third-order valence-electron chi connectivity index (χ3n) is 2.63. The number of carbonyl (C=O) groups excluding carboxylic acids is 1. The summed E-state index contributed by atoms with van der Waals surface area (Å²) in [6.45, 7) is -0.293. The molecule has 0 aliphatic heterocycles. The van der Waals surface area contributed by atoms with E-state index in [-0.39, 0.29) is 18.1 Å². The third kappa shape index (κ3) is 2.93. The van der Waals surface area contributed by atoms with Gasteiger partial charge in [-0.25, -0.2) is 13.6 Å². The predicted molar refractivity (Wildman–Crippen MR) is 66.1 cm³/mol. The molecule has 2 rings (SSSR count). The average Bonchev–Trinajstić information content (AvgIpc) is 2.77. The second-order valence-corrected chi connectivity index (χ2v) is 3.98. The van der Waals surface area contributed by atoms with Crippen molar-refractivity contribution in [2.45, 2.75) is 0 Å². The van der Waals surface area contributed by atoms with Crippen LogP contribution in [-0.2, 0) is 16.6 Å². The summed E-state index contributed by atoms with van der Waals surface area (Å²) in [6, 6.07) is 4.71. The molecule has 0 amide bonds. The zero-order valence-corrected chi connectivity index (χ0v) is 10.9. The number of aromatic nitrogens is 2. The topological polar surface area (TPSA) is 53.4 Å². The lowest BCUT2D eigenvalue weighted by atomic mass is 10.1.